The largest absolute Gasteiger partial charge is 0.481 e. The van der Waals surface area contributed by atoms with Gasteiger partial charge in [-0.1, -0.05) is 48.0 Å². The van der Waals surface area contributed by atoms with Gasteiger partial charge in [0.2, 0.25) is 17.7 Å². The highest BCUT2D eigenvalue weighted by Crippen LogP contribution is 2.41. The van der Waals surface area contributed by atoms with E-state index in [-0.39, 0.29) is 37.3 Å². The molecule has 2 fully saturated rings. The number of benzene rings is 2. The van der Waals surface area contributed by atoms with Crippen LogP contribution < -0.4 is 11.1 Å². The van der Waals surface area contributed by atoms with Crippen molar-refractivity contribution in [2.45, 2.75) is 88.6 Å². The first-order valence-electron chi connectivity index (χ1n) is 15.7. The van der Waals surface area contributed by atoms with Crippen molar-refractivity contribution in [3.63, 3.8) is 0 Å². The van der Waals surface area contributed by atoms with Gasteiger partial charge in [-0.2, -0.15) is 0 Å². The van der Waals surface area contributed by atoms with Crippen LogP contribution in [-0.4, -0.2) is 81.6 Å². The minimum Gasteiger partial charge on any atom is -0.481 e. The van der Waals surface area contributed by atoms with Gasteiger partial charge in [-0.15, -0.1) is 0 Å². The summed E-state index contributed by atoms with van der Waals surface area (Å²) in [5.74, 6) is -2.92. The molecule has 3 amide bonds. The van der Waals surface area contributed by atoms with Crippen LogP contribution in [0.2, 0.25) is 5.02 Å². The molecule has 1 aliphatic carbocycles. The zero-order valence-corrected chi connectivity index (χ0v) is 26.9. The summed E-state index contributed by atoms with van der Waals surface area (Å²) in [6, 6.07) is 13.6. The Kier molecular flexibility index (Phi) is 9.58. The van der Waals surface area contributed by atoms with E-state index in [1.807, 2.05) is 36.4 Å². The summed E-state index contributed by atoms with van der Waals surface area (Å²) in [4.78, 5) is 56.7. The van der Waals surface area contributed by atoms with Crippen LogP contribution in [-0.2, 0) is 36.8 Å². The van der Waals surface area contributed by atoms with Crippen molar-refractivity contribution in [1.29, 1.82) is 0 Å². The van der Waals surface area contributed by atoms with Crippen LogP contribution in [0.15, 0.2) is 48.5 Å². The molecule has 45 heavy (non-hydrogen) atoms. The van der Waals surface area contributed by atoms with Crippen molar-refractivity contribution in [3.8, 4) is 0 Å². The summed E-state index contributed by atoms with van der Waals surface area (Å²) >= 11 is 6.16. The molecule has 0 spiro atoms. The Balaban J connectivity index is 1.44. The smallest absolute Gasteiger partial charge is 0.304 e. The van der Waals surface area contributed by atoms with Crippen LogP contribution in [0.4, 0.5) is 0 Å². The molecule has 0 saturated carbocycles. The molecule has 0 bridgehead atoms. The number of aryl methyl sites for hydroxylation is 1. The summed E-state index contributed by atoms with van der Waals surface area (Å²) < 4.78 is 5.88. The minimum atomic E-state index is -1.02. The number of hydrogen-bond donors (Lipinski definition) is 3. The number of carboxylic acid groups (broad SMARTS) is 1. The second-order valence-corrected chi connectivity index (χ2v) is 13.7. The number of amides is 3. The quantitative estimate of drug-likeness (QED) is 0.382. The van der Waals surface area contributed by atoms with Crippen molar-refractivity contribution in [1.82, 2.24) is 15.1 Å². The summed E-state index contributed by atoms with van der Waals surface area (Å²) in [5, 5.41) is 13.7. The Morgan fingerprint density at radius 2 is 1.82 bits per heavy atom. The summed E-state index contributed by atoms with van der Waals surface area (Å²) in [6.45, 7) is 5.70. The average molecular weight is 639 g/mol. The predicted molar refractivity (Wildman–Crippen MR) is 169 cm³/mol. The van der Waals surface area contributed by atoms with Crippen LogP contribution in [0.25, 0.3) is 0 Å². The number of ether oxygens (including phenoxy) is 1. The molecule has 11 heteroatoms. The lowest BCUT2D eigenvalue weighted by Crippen LogP contribution is -2.65. The van der Waals surface area contributed by atoms with Crippen LogP contribution in [0.1, 0.15) is 69.1 Å². The average Bonchev–Trinajstić information content (AvgIpc) is 3.56. The van der Waals surface area contributed by atoms with Crippen molar-refractivity contribution in [2.75, 3.05) is 19.7 Å². The molecule has 2 aromatic carbocycles. The van der Waals surface area contributed by atoms with Crippen molar-refractivity contribution in [2.24, 2.45) is 11.7 Å². The number of rotatable bonds is 9. The summed E-state index contributed by atoms with van der Waals surface area (Å²) in [7, 11) is 0. The fraction of sp³-hybridized carbons (Fsp3) is 0.529. The van der Waals surface area contributed by atoms with Gasteiger partial charge < -0.3 is 25.8 Å². The minimum absolute atomic E-state index is 0.0126. The SMILES string of the molecule is C[C@H](N)C(=O)N1[C@H](C(=O)N[C@@]2(Cc3ccc(Cl)cc3)CCCN(C(=O)[C@@H](CC(=O)O)[C@@H]3CCc4ccccc43)C2)COC1(C)C. The number of fused-ring (bicyclic) bond motifs is 1. The molecular formula is C34H43ClN4O6. The third-order valence-electron chi connectivity index (χ3n) is 9.53. The molecule has 10 nitrogen and oxygen atoms in total. The number of carbonyl (C=O) groups excluding carboxylic acids is 3. The molecule has 3 aliphatic rings. The highest BCUT2D eigenvalue weighted by molar-refractivity contribution is 6.30. The maximum Gasteiger partial charge on any atom is 0.304 e. The Hall–Kier alpha value is -3.47. The van der Waals surface area contributed by atoms with E-state index < -0.39 is 41.1 Å². The van der Waals surface area contributed by atoms with Crippen molar-refractivity contribution < 1.29 is 29.0 Å². The van der Waals surface area contributed by atoms with E-state index in [2.05, 4.69) is 5.32 Å². The molecule has 242 valence electrons. The van der Waals surface area contributed by atoms with E-state index in [0.29, 0.717) is 37.3 Å². The molecule has 0 radical (unpaired) electrons. The fourth-order valence-corrected chi connectivity index (χ4v) is 7.54. The van der Waals surface area contributed by atoms with Gasteiger partial charge in [0.05, 0.1) is 30.5 Å². The molecule has 2 aromatic rings. The predicted octanol–water partition coefficient (Wildman–Crippen LogP) is 3.49. The van der Waals surface area contributed by atoms with Crippen molar-refractivity contribution in [3.05, 3.63) is 70.2 Å². The van der Waals surface area contributed by atoms with E-state index in [9.17, 15) is 24.3 Å². The molecule has 0 aromatic heterocycles. The van der Waals surface area contributed by atoms with E-state index >= 15 is 0 Å². The number of nitrogens with two attached hydrogens (primary N) is 1. The highest BCUT2D eigenvalue weighted by Gasteiger charge is 2.50. The van der Waals surface area contributed by atoms with Crippen molar-refractivity contribution >= 4 is 35.3 Å². The number of aliphatic carboxylic acids is 1. The lowest BCUT2D eigenvalue weighted by molar-refractivity contribution is -0.151. The Morgan fingerprint density at radius 3 is 2.51 bits per heavy atom. The topological polar surface area (TPSA) is 142 Å². The first-order chi connectivity index (χ1) is 21.3. The van der Waals surface area contributed by atoms with Crippen LogP contribution in [0, 0.1) is 5.92 Å². The number of nitrogens with one attached hydrogen (secondary N) is 1. The number of carbonyl (C=O) groups is 4. The van der Waals surface area contributed by atoms with Gasteiger partial charge in [-0.3, -0.25) is 24.1 Å². The standard InChI is InChI=1S/C34H43ClN4O6/c1-21(36)31(43)39-28(19-45-33(39,2)3)30(42)37-34(18-22-9-12-24(35)13-10-22)15-6-16-38(20-34)32(44)27(17-29(40)41)26-14-11-23-7-4-5-8-25(23)26/h4-5,7-10,12-13,21,26-28H,6,11,14-20,36H2,1-3H3,(H,37,42)(H,40,41)/t21-,26+,27-,28-,34+/m0/s1. The number of likely N-dealkylation sites (tertiary alicyclic amines) is 1. The Bertz CT molecular complexity index is 1450. The monoisotopic (exact) mass is 638 g/mol. The number of nitrogens with zero attached hydrogens (tertiary/aromatic N) is 2. The third kappa shape index (κ3) is 7.03. The maximum atomic E-state index is 14.3. The first kappa shape index (κ1) is 32.9. The Morgan fingerprint density at radius 1 is 1.11 bits per heavy atom. The Labute approximate surface area is 269 Å². The normalized spacial score (nSPS) is 25.4. The van der Waals surface area contributed by atoms with E-state index in [1.54, 1.807) is 37.8 Å². The zero-order valence-electron chi connectivity index (χ0n) is 26.1. The van der Waals surface area contributed by atoms with E-state index in [0.717, 1.165) is 23.1 Å². The van der Waals surface area contributed by atoms with Gasteiger partial charge in [0, 0.05) is 18.1 Å². The molecule has 5 rings (SSSR count). The number of carboxylic acids is 1. The van der Waals surface area contributed by atoms with E-state index in [1.165, 1.54) is 4.90 Å². The molecule has 0 unspecified atom stereocenters. The molecule has 2 heterocycles. The number of halogens is 1. The number of piperidine rings is 1. The fourth-order valence-electron chi connectivity index (χ4n) is 7.41. The maximum absolute atomic E-state index is 14.3. The summed E-state index contributed by atoms with van der Waals surface area (Å²) in [6.07, 6.45) is 2.85. The molecule has 4 N–H and O–H groups in total. The van der Waals surface area contributed by atoms with Gasteiger partial charge >= 0.3 is 5.97 Å². The van der Waals surface area contributed by atoms with Crippen LogP contribution in [0.3, 0.4) is 0 Å². The molecule has 2 aliphatic heterocycles. The highest BCUT2D eigenvalue weighted by atomic mass is 35.5. The zero-order chi connectivity index (χ0) is 32.5. The van der Waals surface area contributed by atoms with Gasteiger partial charge in [0.25, 0.3) is 0 Å². The van der Waals surface area contributed by atoms with Crippen LogP contribution in [0.5, 0.6) is 0 Å². The first-order valence-corrected chi connectivity index (χ1v) is 16.1. The van der Waals surface area contributed by atoms with Gasteiger partial charge in [0.15, 0.2) is 0 Å². The number of hydrogen-bond acceptors (Lipinski definition) is 6. The van der Waals surface area contributed by atoms with Crippen LogP contribution >= 0.6 is 11.6 Å². The van der Waals surface area contributed by atoms with Gasteiger partial charge in [-0.25, -0.2) is 0 Å². The lowest BCUT2D eigenvalue weighted by atomic mass is 9.80. The summed E-state index contributed by atoms with van der Waals surface area (Å²) in [5.41, 5.74) is 7.16. The van der Waals surface area contributed by atoms with Gasteiger partial charge in [0.1, 0.15) is 11.8 Å². The second kappa shape index (κ2) is 13.1. The molecule has 2 saturated heterocycles. The third-order valence-corrected chi connectivity index (χ3v) is 9.78. The molecular weight excluding hydrogens is 596 g/mol. The lowest BCUT2D eigenvalue weighted by Gasteiger charge is -2.45. The van der Waals surface area contributed by atoms with Gasteiger partial charge in [-0.05, 0) is 87.6 Å². The van der Waals surface area contributed by atoms with E-state index in [4.69, 9.17) is 22.1 Å². The second-order valence-electron chi connectivity index (χ2n) is 13.3. The molecule has 5 atom stereocenters.